The van der Waals surface area contributed by atoms with Gasteiger partial charge in [0.1, 0.15) is 11.8 Å². The van der Waals surface area contributed by atoms with Crippen LogP contribution in [0.3, 0.4) is 0 Å². The maximum atomic E-state index is 10.7. The Kier molecular flexibility index (Phi) is 2.87. The van der Waals surface area contributed by atoms with Gasteiger partial charge in [-0.2, -0.15) is 5.26 Å². The molecule has 0 radical (unpaired) electrons. The number of fused-ring (bicyclic) bond motifs is 1. The Morgan fingerprint density at radius 1 is 1.53 bits per heavy atom. The SMILES string of the molecule is N#CC(O)C(O)c1cnc2[nH]cc(C=O)c2c1. The minimum atomic E-state index is -1.52. The molecule has 0 fully saturated rings. The Balaban J connectivity index is 2.50. The lowest BCUT2D eigenvalue weighted by molar-refractivity contribution is 0.0527. The minimum Gasteiger partial charge on any atom is -0.384 e. The third-order valence-corrected chi connectivity index (χ3v) is 2.48. The summed E-state index contributed by atoms with van der Waals surface area (Å²) in [7, 11) is 0. The van der Waals surface area contributed by atoms with Crippen molar-refractivity contribution in [2.75, 3.05) is 0 Å². The molecular weight excluding hydrogens is 222 g/mol. The summed E-state index contributed by atoms with van der Waals surface area (Å²) in [5, 5.41) is 27.9. The Labute approximate surface area is 96.1 Å². The highest BCUT2D eigenvalue weighted by Crippen LogP contribution is 2.22. The number of H-pyrrole nitrogens is 1. The normalized spacial score (nSPS) is 14.2. The number of aldehydes is 1. The summed E-state index contributed by atoms with van der Waals surface area (Å²) in [5.74, 6) is 0. The van der Waals surface area contributed by atoms with Crippen molar-refractivity contribution in [3.63, 3.8) is 0 Å². The second kappa shape index (κ2) is 4.33. The fraction of sp³-hybridized carbons (Fsp3) is 0.182. The monoisotopic (exact) mass is 231 g/mol. The Morgan fingerprint density at radius 3 is 2.94 bits per heavy atom. The molecule has 0 spiro atoms. The second-order valence-corrected chi connectivity index (χ2v) is 3.55. The Hall–Kier alpha value is -2.23. The first kappa shape index (κ1) is 11.3. The Bertz CT molecular complexity index is 600. The topological polar surface area (TPSA) is 110 Å². The molecule has 3 N–H and O–H groups in total. The molecule has 2 unspecified atom stereocenters. The van der Waals surface area contributed by atoms with Gasteiger partial charge in [0.25, 0.3) is 0 Å². The van der Waals surface area contributed by atoms with Gasteiger partial charge in [-0.3, -0.25) is 4.79 Å². The number of aromatic amines is 1. The van der Waals surface area contributed by atoms with Gasteiger partial charge in [0.05, 0.1) is 6.07 Å². The summed E-state index contributed by atoms with van der Waals surface area (Å²) >= 11 is 0. The number of nitriles is 1. The van der Waals surface area contributed by atoms with Gasteiger partial charge in [-0.25, -0.2) is 4.98 Å². The Morgan fingerprint density at radius 2 is 2.29 bits per heavy atom. The van der Waals surface area contributed by atoms with E-state index in [0.717, 1.165) is 0 Å². The number of carbonyl (C=O) groups excluding carboxylic acids is 1. The number of carbonyl (C=O) groups is 1. The van der Waals surface area contributed by atoms with Crippen molar-refractivity contribution >= 4 is 17.3 Å². The van der Waals surface area contributed by atoms with Crippen molar-refractivity contribution in [2.45, 2.75) is 12.2 Å². The summed E-state index contributed by atoms with van der Waals surface area (Å²) in [6.07, 6.45) is 0.650. The van der Waals surface area contributed by atoms with Crippen LogP contribution in [0.25, 0.3) is 11.0 Å². The molecule has 2 atom stereocenters. The zero-order valence-electron chi connectivity index (χ0n) is 8.66. The minimum absolute atomic E-state index is 0.286. The van der Waals surface area contributed by atoms with Crippen LogP contribution in [0.1, 0.15) is 22.0 Å². The first-order chi connectivity index (χ1) is 8.17. The molecule has 0 bridgehead atoms. The van der Waals surface area contributed by atoms with Crippen LogP contribution in [-0.2, 0) is 0 Å². The number of aliphatic hydroxyl groups excluding tert-OH is 2. The van der Waals surface area contributed by atoms with Crippen molar-refractivity contribution in [1.29, 1.82) is 5.26 Å². The van der Waals surface area contributed by atoms with E-state index in [1.807, 2.05) is 0 Å². The van der Waals surface area contributed by atoms with E-state index in [0.29, 0.717) is 22.9 Å². The van der Waals surface area contributed by atoms with Crippen molar-refractivity contribution in [3.8, 4) is 6.07 Å². The van der Waals surface area contributed by atoms with Crippen LogP contribution in [0.4, 0.5) is 0 Å². The highest BCUT2D eigenvalue weighted by atomic mass is 16.3. The largest absolute Gasteiger partial charge is 0.384 e. The maximum Gasteiger partial charge on any atom is 0.170 e. The summed E-state index contributed by atoms with van der Waals surface area (Å²) < 4.78 is 0. The smallest absolute Gasteiger partial charge is 0.170 e. The molecule has 2 heterocycles. The third kappa shape index (κ3) is 1.89. The highest BCUT2D eigenvalue weighted by Gasteiger charge is 2.19. The van der Waals surface area contributed by atoms with Gasteiger partial charge in [0, 0.05) is 28.9 Å². The lowest BCUT2D eigenvalue weighted by atomic mass is 10.1. The molecule has 0 aromatic carbocycles. The van der Waals surface area contributed by atoms with E-state index in [9.17, 15) is 15.0 Å². The van der Waals surface area contributed by atoms with Crippen LogP contribution in [0.15, 0.2) is 18.5 Å². The van der Waals surface area contributed by atoms with E-state index >= 15 is 0 Å². The zero-order chi connectivity index (χ0) is 12.4. The van der Waals surface area contributed by atoms with E-state index in [2.05, 4.69) is 9.97 Å². The zero-order valence-corrected chi connectivity index (χ0v) is 8.66. The maximum absolute atomic E-state index is 10.7. The summed E-state index contributed by atoms with van der Waals surface area (Å²) in [5.41, 5.74) is 1.21. The first-order valence-corrected chi connectivity index (χ1v) is 4.85. The fourth-order valence-electron chi connectivity index (χ4n) is 1.55. The lowest BCUT2D eigenvalue weighted by Gasteiger charge is -2.11. The molecule has 0 aliphatic carbocycles. The number of hydrogen-bond donors (Lipinski definition) is 3. The quantitative estimate of drug-likeness (QED) is 0.519. The molecule has 6 heteroatoms. The number of nitrogens with zero attached hydrogens (tertiary/aromatic N) is 2. The molecule has 0 aliphatic heterocycles. The fourth-order valence-corrected chi connectivity index (χ4v) is 1.55. The number of hydrogen-bond acceptors (Lipinski definition) is 5. The van der Waals surface area contributed by atoms with Crippen LogP contribution < -0.4 is 0 Å². The van der Waals surface area contributed by atoms with Crippen molar-refractivity contribution in [2.24, 2.45) is 0 Å². The van der Waals surface area contributed by atoms with Gasteiger partial charge < -0.3 is 15.2 Å². The molecule has 2 aromatic heterocycles. The molecule has 86 valence electrons. The van der Waals surface area contributed by atoms with Gasteiger partial charge in [0.2, 0.25) is 0 Å². The number of aliphatic hydroxyl groups is 2. The van der Waals surface area contributed by atoms with Gasteiger partial charge in [0.15, 0.2) is 12.4 Å². The summed E-state index contributed by atoms with van der Waals surface area (Å²) in [6.45, 7) is 0. The molecule has 0 amide bonds. The average Bonchev–Trinajstić information content (AvgIpc) is 2.78. The number of aromatic nitrogens is 2. The van der Waals surface area contributed by atoms with Crippen molar-refractivity contribution in [1.82, 2.24) is 9.97 Å². The number of pyridine rings is 1. The van der Waals surface area contributed by atoms with Gasteiger partial charge in [-0.05, 0) is 6.07 Å². The van der Waals surface area contributed by atoms with Crippen LogP contribution in [0.5, 0.6) is 0 Å². The molecule has 2 aromatic rings. The average molecular weight is 231 g/mol. The standard InChI is InChI=1S/C11H9N3O3/c12-2-9(16)10(17)6-1-8-7(5-15)4-14-11(8)13-3-6/h1,3-5,9-10,16-17H,(H,13,14). The van der Waals surface area contributed by atoms with Crippen molar-refractivity contribution in [3.05, 3.63) is 29.6 Å². The van der Waals surface area contributed by atoms with Gasteiger partial charge in [-0.1, -0.05) is 0 Å². The molecule has 0 saturated heterocycles. The van der Waals surface area contributed by atoms with Crippen LogP contribution in [0.2, 0.25) is 0 Å². The van der Waals surface area contributed by atoms with E-state index < -0.39 is 12.2 Å². The summed E-state index contributed by atoms with van der Waals surface area (Å²) in [4.78, 5) is 17.5. The van der Waals surface area contributed by atoms with Gasteiger partial charge >= 0.3 is 0 Å². The van der Waals surface area contributed by atoms with E-state index in [1.165, 1.54) is 24.5 Å². The lowest BCUT2D eigenvalue weighted by Crippen LogP contribution is -2.15. The first-order valence-electron chi connectivity index (χ1n) is 4.85. The van der Waals surface area contributed by atoms with Crippen molar-refractivity contribution < 1.29 is 15.0 Å². The summed E-state index contributed by atoms with van der Waals surface area (Å²) in [6, 6.07) is 3.06. The molecule has 17 heavy (non-hydrogen) atoms. The highest BCUT2D eigenvalue weighted by molar-refractivity contribution is 5.95. The molecule has 0 aliphatic rings. The second-order valence-electron chi connectivity index (χ2n) is 3.55. The third-order valence-electron chi connectivity index (χ3n) is 2.48. The van der Waals surface area contributed by atoms with E-state index in [1.54, 1.807) is 0 Å². The predicted octanol–water partition coefficient (Wildman–Crippen LogP) is 0.293. The predicted molar refractivity (Wildman–Crippen MR) is 58.1 cm³/mol. The van der Waals surface area contributed by atoms with Gasteiger partial charge in [-0.15, -0.1) is 0 Å². The molecule has 0 saturated carbocycles. The number of rotatable bonds is 3. The van der Waals surface area contributed by atoms with Crippen LogP contribution in [-0.4, -0.2) is 32.6 Å². The van der Waals surface area contributed by atoms with Crippen LogP contribution >= 0.6 is 0 Å². The van der Waals surface area contributed by atoms with Crippen LogP contribution in [0, 0.1) is 11.3 Å². The number of nitrogens with one attached hydrogen (secondary N) is 1. The van der Waals surface area contributed by atoms with E-state index in [4.69, 9.17) is 5.26 Å². The molecule has 2 rings (SSSR count). The molecular formula is C11H9N3O3. The molecule has 6 nitrogen and oxygen atoms in total. The van der Waals surface area contributed by atoms with E-state index in [-0.39, 0.29) is 5.56 Å².